The van der Waals surface area contributed by atoms with Crippen LogP contribution < -0.4 is 0 Å². The second kappa shape index (κ2) is 7.99. The van der Waals surface area contributed by atoms with Crippen LogP contribution in [0.3, 0.4) is 0 Å². The van der Waals surface area contributed by atoms with Gasteiger partial charge in [0.25, 0.3) is 0 Å². The van der Waals surface area contributed by atoms with Crippen molar-refractivity contribution in [2.45, 2.75) is 52.6 Å². The molecule has 128 valence electrons. The number of aliphatic carboxylic acids is 1. The Morgan fingerprint density at radius 2 is 1.74 bits per heavy atom. The number of aromatic hydroxyl groups is 1. The van der Waals surface area contributed by atoms with Gasteiger partial charge in [0, 0.05) is 6.42 Å². The average Bonchev–Trinajstić information content (AvgIpc) is 2.38. The summed E-state index contributed by atoms with van der Waals surface area (Å²) in [5.74, 6) is -1.67. The summed E-state index contributed by atoms with van der Waals surface area (Å²) < 4.78 is 5.34. The second-order valence-electron chi connectivity index (χ2n) is 7.00. The van der Waals surface area contributed by atoms with E-state index in [0.29, 0.717) is 12.8 Å². The number of carboxylic acids is 1. The fraction of sp³-hybridized carbons (Fsp3) is 0.556. The van der Waals surface area contributed by atoms with Crippen molar-refractivity contribution in [3.8, 4) is 5.75 Å². The molecule has 0 radical (unpaired) electrons. The molecule has 0 aromatic heterocycles. The zero-order valence-corrected chi connectivity index (χ0v) is 14.2. The number of phenols is 1. The van der Waals surface area contributed by atoms with E-state index in [1.807, 2.05) is 0 Å². The predicted octanol–water partition coefficient (Wildman–Crippen LogP) is 3.39. The molecule has 2 N–H and O–H groups in total. The van der Waals surface area contributed by atoms with Crippen LogP contribution >= 0.6 is 0 Å². The van der Waals surface area contributed by atoms with Gasteiger partial charge in [-0.1, -0.05) is 19.1 Å². The van der Waals surface area contributed by atoms with Crippen molar-refractivity contribution < 1.29 is 24.5 Å². The van der Waals surface area contributed by atoms with Crippen LogP contribution in [-0.2, 0) is 20.7 Å². The topological polar surface area (TPSA) is 83.8 Å². The Labute approximate surface area is 137 Å². The van der Waals surface area contributed by atoms with Crippen LogP contribution in [-0.4, -0.2) is 27.8 Å². The second-order valence-corrected chi connectivity index (χ2v) is 7.00. The molecule has 0 aliphatic heterocycles. The van der Waals surface area contributed by atoms with E-state index in [0.717, 1.165) is 5.56 Å². The lowest BCUT2D eigenvalue weighted by molar-refractivity contribution is -0.156. The fourth-order valence-corrected chi connectivity index (χ4v) is 2.42. The number of ether oxygens (including phenoxy) is 1. The van der Waals surface area contributed by atoms with Gasteiger partial charge in [-0.2, -0.15) is 0 Å². The molecule has 0 heterocycles. The predicted molar refractivity (Wildman–Crippen MR) is 87.2 cm³/mol. The van der Waals surface area contributed by atoms with Gasteiger partial charge in [0.15, 0.2) is 0 Å². The van der Waals surface area contributed by atoms with Crippen LogP contribution in [0.4, 0.5) is 0 Å². The number of hydrogen-bond acceptors (Lipinski definition) is 4. The smallest absolute Gasteiger partial charge is 0.306 e. The molecule has 0 aliphatic rings. The van der Waals surface area contributed by atoms with Crippen molar-refractivity contribution in [1.29, 1.82) is 0 Å². The Balaban J connectivity index is 2.77. The van der Waals surface area contributed by atoms with Crippen molar-refractivity contribution in [2.24, 2.45) is 11.8 Å². The highest BCUT2D eigenvalue weighted by Crippen LogP contribution is 2.24. The first-order valence-corrected chi connectivity index (χ1v) is 7.79. The number of carbonyl (C=O) groups is 2. The maximum atomic E-state index is 12.1. The molecule has 0 aliphatic carbocycles. The van der Waals surface area contributed by atoms with Gasteiger partial charge in [-0.15, -0.1) is 0 Å². The monoisotopic (exact) mass is 322 g/mol. The van der Waals surface area contributed by atoms with Gasteiger partial charge < -0.3 is 14.9 Å². The van der Waals surface area contributed by atoms with Gasteiger partial charge in [-0.05, 0) is 57.2 Å². The maximum absolute atomic E-state index is 12.1. The highest BCUT2D eigenvalue weighted by Gasteiger charge is 2.24. The molecule has 0 fully saturated rings. The van der Waals surface area contributed by atoms with Gasteiger partial charge in [0.1, 0.15) is 11.4 Å². The molecule has 0 spiro atoms. The minimum Gasteiger partial charge on any atom is -0.508 e. The Morgan fingerprint density at radius 3 is 2.22 bits per heavy atom. The fourth-order valence-electron chi connectivity index (χ4n) is 2.42. The first-order chi connectivity index (χ1) is 10.6. The van der Waals surface area contributed by atoms with Crippen LogP contribution in [0, 0.1) is 11.8 Å². The number of benzene rings is 1. The van der Waals surface area contributed by atoms with E-state index in [9.17, 15) is 14.7 Å². The van der Waals surface area contributed by atoms with Crippen LogP contribution in [0.25, 0.3) is 0 Å². The van der Waals surface area contributed by atoms with Crippen molar-refractivity contribution >= 4 is 11.9 Å². The van der Waals surface area contributed by atoms with Crippen molar-refractivity contribution in [2.75, 3.05) is 0 Å². The summed E-state index contributed by atoms with van der Waals surface area (Å²) in [6, 6.07) is 6.73. The van der Waals surface area contributed by atoms with Crippen LogP contribution in [0.15, 0.2) is 24.3 Å². The van der Waals surface area contributed by atoms with Crippen LogP contribution in [0.1, 0.15) is 46.1 Å². The Bertz CT molecular complexity index is 527. The summed E-state index contributed by atoms with van der Waals surface area (Å²) in [5.41, 5.74) is 0.396. The number of hydrogen-bond donors (Lipinski definition) is 2. The van der Waals surface area contributed by atoms with Crippen molar-refractivity contribution in [3.63, 3.8) is 0 Å². The van der Waals surface area contributed by atoms with E-state index >= 15 is 0 Å². The third kappa shape index (κ3) is 7.68. The maximum Gasteiger partial charge on any atom is 0.306 e. The zero-order valence-electron chi connectivity index (χ0n) is 14.2. The number of carboxylic acid groups (broad SMARTS) is 1. The zero-order chi connectivity index (χ0) is 17.6. The molecule has 0 saturated heterocycles. The van der Waals surface area contributed by atoms with Crippen molar-refractivity contribution in [1.82, 2.24) is 0 Å². The van der Waals surface area contributed by atoms with Crippen molar-refractivity contribution in [3.05, 3.63) is 29.8 Å². The highest BCUT2D eigenvalue weighted by molar-refractivity contribution is 5.71. The SMILES string of the molecule is C[C@@H](C[C@@H](CC(=O)OC(C)(C)C)Cc1ccc(O)cc1)C(=O)O. The summed E-state index contributed by atoms with van der Waals surface area (Å²) in [4.78, 5) is 23.2. The first-order valence-electron chi connectivity index (χ1n) is 7.79. The van der Waals surface area contributed by atoms with E-state index in [-0.39, 0.29) is 24.1 Å². The van der Waals surface area contributed by atoms with Gasteiger partial charge in [-0.3, -0.25) is 9.59 Å². The number of carbonyl (C=O) groups excluding carboxylic acids is 1. The molecule has 23 heavy (non-hydrogen) atoms. The lowest BCUT2D eigenvalue weighted by atomic mass is 9.87. The molecule has 5 nitrogen and oxygen atoms in total. The number of esters is 1. The molecule has 1 aromatic rings. The number of phenolic OH excluding ortho intramolecular Hbond substituents is 1. The van der Waals surface area contributed by atoms with Gasteiger partial charge in [0.2, 0.25) is 0 Å². The molecule has 2 atom stereocenters. The summed E-state index contributed by atoms with van der Waals surface area (Å²) in [6.45, 7) is 7.06. The molecule has 0 bridgehead atoms. The standard InChI is InChI=1S/C18H26O5/c1-12(17(21)22)9-14(11-16(20)23-18(2,3)4)10-13-5-7-15(19)8-6-13/h5-8,12,14,19H,9-11H2,1-4H3,(H,21,22)/t12-,14+/m0/s1. The average molecular weight is 322 g/mol. The molecular weight excluding hydrogens is 296 g/mol. The first kappa shape index (κ1) is 19.0. The lowest BCUT2D eigenvalue weighted by Crippen LogP contribution is -2.26. The lowest BCUT2D eigenvalue weighted by Gasteiger charge is -2.23. The molecule has 5 heteroatoms. The van der Waals surface area contributed by atoms with Crippen LogP contribution in [0.2, 0.25) is 0 Å². The molecule has 0 saturated carbocycles. The molecule has 0 unspecified atom stereocenters. The normalized spacial score (nSPS) is 14.1. The summed E-state index contributed by atoms with van der Waals surface area (Å²) in [5, 5.41) is 18.4. The van der Waals surface area contributed by atoms with Crippen LogP contribution in [0.5, 0.6) is 5.75 Å². The Morgan fingerprint density at radius 1 is 1.17 bits per heavy atom. The summed E-state index contributed by atoms with van der Waals surface area (Å²) in [6.07, 6.45) is 1.14. The Kier molecular flexibility index (Phi) is 6.61. The van der Waals surface area contributed by atoms with E-state index in [1.165, 1.54) is 0 Å². The largest absolute Gasteiger partial charge is 0.508 e. The van der Waals surface area contributed by atoms with E-state index in [4.69, 9.17) is 9.84 Å². The highest BCUT2D eigenvalue weighted by atomic mass is 16.6. The van der Waals surface area contributed by atoms with Gasteiger partial charge in [0.05, 0.1) is 5.92 Å². The van der Waals surface area contributed by atoms with E-state index in [1.54, 1.807) is 52.0 Å². The van der Waals surface area contributed by atoms with Gasteiger partial charge in [-0.25, -0.2) is 0 Å². The molecular formula is C18H26O5. The third-order valence-electron chi connectivity index (χ3n) is 3.44. The molecule has 1 aromatic carbocycles. The quantitative estimate of drug-likeness (QED) is 0.752. The molecule has 1 rings (SSSR count). The minimum atomic E-state index is -0.870. The van der Waals surface area contributed by atoms with Gasteiger partial charge >= 0.3 is 11.9 Å². The summed E-state index contributed by atoms with van der Waals surface area (Å²) >= 11 is 0. The van der Waals surface area contributed by atoms with E-state index in [2.05, 4.69) is 0 Å². The number of rotatable bonds is 7. The molecule has 0 amide bonds. The third-order valence-corrected chi connectivity index (χ3v) is 3.44. The summed E-state index contributed by atoms with van der Waals surface area (Å²) in [7, 11) is 0. The van der Waals surface area contributed by atoms with E-state index < -0.39 is 17.5 Å². The minimum absolute atomic E-state index is 0.125. The Hall–Kier alpha value is -2.04.